The predicted molar refractivity (Wildman–Crippen MR) is 142 cm³/mol. The average Bonchev–Trinajstić information content (AvgIpc) is 2.89. The Morgan fingerprint density at radius 3 is 2.41 bits per heavy atom. The van der Waals surface area contributed by atoms with E-state index in [1.54, 1.807) is 0 Å². The summed E-state index contributed by atoms with van der Waals surface area (Å²) >= 11 is 6.09. The van der Waals surface area contributed by atoms with Gasteiger partial charge in [0, 0.05) is 17.0 Å². The third-order valence-corrected chi connectivity index (χ3v) is 6.57. The van der Waals surface area contributed by atoms with Gasteiger partial charge in [-0.25, -0.2) is 4.98 Å². The molecule has 3 aromatic carbocycles. The quantitative estimate of drug-likeness (QED) is 0.262. The number of hydrogen-bond donors (Lipinski definition) is 0. The van der Waals surface area contributed by atoms with Crippen molar-refractivity contribution in [3.05, 3.63) is 107 Å². The molecule has 0 amide bonds. The molecule has 5 rings (SSSR count). The van der Waals surface area contributed by atoms with Gasteiger partial charge in [0.15, 0.2) is 0 Å². The molecule has 4 heteroatoms. The summed E-state index contributed by atoms with van der Waals surface area (Å²) in [6.45, 7) is 3.73. The van der Waals surface area contributed by atoms with E-state index in [1.807, 2.05) is 36.4 Å². The molecule has 0 N–H and O–H groups in total. The Kier molecular flexibility index (Phi) is 7.23. The lowest BCUT2D eigenvalue weighted by molar-refractivity contribution is 0.255. The summed E-state index contributed by atoms with van der Waals surface area (Å²) < 4.78 is 6.05. The zero-order valence-electron chi connectivity index (χ0n) is 19.3. The zero-order chi connectivity index (χ0) is 23.2. The Labute approximate surface area is 206 Å². The molecule has 34 heavy (non-hydrogen) atoms. The van der Waals surface area contributed by atoms with Crippen LogP contribution in [-0.4, -0.2) is 29.5 Å². The summed E-state index contributed by atoms with van der Waals surface area (Å²) in [4.78, 5) is 7.26. The number of benzene rings is 3. The summed E-state index contributed by atoms with van der Waals surface area (Å²) in [5.74, 6) is 0.850. The predicted octanol–water partition coefficient (Wildman–Crippen LogP) is 7.49. The molecule has 2 heterocycles. The van der Waals surface area contributed by atoms with Gasteiger partial charge in [0.2, 0.25) is 0 Å². The van der Waals surface area contributed by atoms with E-state index in [4.69, 9.17) is 21.3 Å². The first-order valence-electron chi connectivity index (χ1n) is 12.0. The minimum atomic E-state index is 0.450. The highest BCUT2D eigenvalue weighted by molar-refractivity contribution is 6.30. The van der Waals surface area contributed by atoms with E-state index in [1.165, 1.54) is 36.0 Å². The first-order valence-corrected chi connectivity index (χ1v) is 12.4. The maximum Gasteiger partial charge on any atom is 0.130 e. The summed E-state index contributed by atoms with van der Waals surface area (Å²) in [6, 6.07) is 28.8. The lowest BCUT2D eigenvalue weighted by Crippen LogP contribution is -2.31. The number of hydrogen-bond acceptors (Lipinski definition) is 3. The molecular weight excluding hydrogens is 440 g/mol. The number of likely N-dealkylation sites (tertiary alicyclic amines) is 1. The molecule has 0 saturated carbocycles. The van der Waals surface area contributed by atoms with Gasteiger partial charge in [0.1, 0.15) is 12.4 Å². The van der Waals surface area contributed by atoms with Crippen molar-refractivity contribution in [2.75, 3.05) is 19.6 Å². The number of aromatic nitrogens is 1. The molecule has 0 atom stereocenters. The Balaban J connectivity index is 1.31. The van der Waals surface area contributed by atoms with Crippen molar-refractivity contribution in [1.82, 2.24) is 9.88 Å². The normalized spacial score (nSPS) is 14.9. The van der Waals surface area contributed by atoms with E-state index >= 15 is 0 Å². The van der Waals surface area contributed by atoms with E-state index < -0.39 is 0 Å². The summed E-state index contributed by atoms with van der Waals surface area (Å²) in [6.07, 6.45) is 6.18. The summed E-state index contributed by atoms with van der Waals surface area (Å²) in [5.41, 5.74) is 5.62. The molecule has 1 fully saturated rings. The molecule has 1 aliphatic heterocycles. The molecule has 1 aromatic heterocycles. The van der Waals surface area contributed by atoms with Crippen LogP contribution in [0.15, 0.2) is 84.9 Å². The summed E-state index contributed by atoms with van der Waals surface area (Å²) in [5, 5.41) is 1.90. The minimum absolute atomic E-state index is 0.450. The van der Waals surface area contributed by atoms with Crippen LogP contribution in [0.25, 0.3) is 22.6 Å². The van der Waals surface area contributed by atoms with Gasteiger partial charge in [-0.1, -0.05) is 66.6 Å². The third kappa shape index (κ3) is 5.85. The minimum Gasteiger partial charge on any atom is -0.487 e. The molecular formula is C30H29ClN2O. The Bertz CT molecular complexity index is 1260. The topological polar surface area (TPSA) is 25.4 Å². The van der Waals surface area contributed by atoms with E-state index in [2.05, 4.69) is 59.5 Å². The van der Waals surface area contributed by atoms with Crippen molar-refractivity contribution < 1.29 is 4.74 Å². The van der Waals surface area contributed by atoms with E-state index in [9.17, 15) is 0 Å². The van der Waals surface area contributed by atoms with Gasteiger partial charge in [-0.05, 0) is 85.1 Å². The van der Waals surface area contributed by atoms with Gasteiger partial charge < -0.3 is 4.74 Å². The van der Waals surface area contributed by atoms with Gasteiger partial charge in [-0.2, -0.15) is 0 Å². The van der Waals surface area contributed by atoms with Gasteiger partial charge in [0.05, 0.1) is 11.2 Å². The molecule has 3 nitrogen and oxygen atoms in total. The van der Waals surface area contributed by atoms with Crippen molar-refractivity contribution in [3.63, 3.8) is 0 Å². The van der Waals surface area contributed by atoms with Crippen LogP contribution in [0.3, 0.4) is 0 Å². The van der Waals surface area contributed by atoms with Gasteiger partial charge >= 0.3 is 0 Å². The van der Waals surface area contributed by atoms with Crippen molar-refractivity contribution in [3.8, 4) is 5.75 Å². The summed E-state index contributed by atoms with van der Waals surface area (Å²) in [7, 11) is 0. The number of piperidine rings is 1. The number of rotatable bonds is 7. The molecule has 1 aliphatic rings. The highest BCUT2D eigenvalue weighted by atomic mass is 35.5. The SMILES string of the molecule is Clc1ccc(/C=C(/CN2CCCCC2)c2ccc(OCc3ccc4ccccc4n3)cc2)cc1. The number of para-hydroxylation sites is 1. The monoisotopic (exact) mass is 468 g/mol. The van der Waals surface area contributed by atoms with E-state index in [0.717, 1.165) is 47.0 Å². The first kappa shape index (κ1) is 22.6. The highest BCUT2D eigenvalue weighted by Crippen LogP contribution is 2.25. The van der Waals surface area contributed by atoms with Crippen molar-refractivity contribution in [2.24, 2.45) is 0 Å². The zero-order valence-corrected chi connectivity index (χ0v) is 20.0. The van der Waals surface area contributed by atoms with Crippen molar-refractivity contribution >= 4 is 34.2 Å². The fourth-order valence-electron chi connectivity index (χ4n) is 4.45. The number of nitrogens with zero attached hydrogens (tertiary/aromatic N) is 2. The van der Waals surface area contributed by atoms with E-state index in [0.29, 0.717) is 6.61 Å². The highest BCUT2D eigenvalue weighted by Gasteiger charge is 2.13. The molecule has 0 spiro atoms. The Morgan fingerprint density at radius 2 is 1.62 bits per heavy atom. The van der Waals surface area contributed by atoms with Crippen LogP contribution >= 0.6 is 11.6 Å². The van der Waals surface area contributed by atoms with Crippen LogP contribution < -0.4 is 4.74 Å². The lowest BCUT2D eigenvalue weighted by Gasteiger charge is -2.27. The van der Waals surface area contributed by atoms with Crippen LogP contribution in [0.2, 0.25) is 5.02 Å². The smallest absolute Gasteiger partial charge is 0.130 e. The standard InChI is InChI=1S/C30H29ClN2O/c31-27-13-8-23(9-14-27)20-26(21-33-18-4-1-5-19-33)24-11-16-29(17-12-24)34-22-28-15-10-25-6-2-3-7-30(25)32-28/h2-3,6-17,20H,1,4-5,18-19,21-22H2/b26-20-. The Hall–Kier alpha value is -3.14. The van der Waals surface area contributed by atoms with Gasteiger partial charge in [0.25, 0.3) is 0 Å². The van der Waals surface area contributed by atoms with Crippen molar-refractivity contribution in [2.45, 2.75) is 25.9 Å². The van der Waals surface area contributed by atoms with Crippen LogP contribution in [-0.2, 0) is 6.61 Å². The van der Waals surface area contributed by atoms with Gasteiger partial charge in [-0.15, -0.1) is 0 Å². The lowest BCUT2D eigenvalue weighted by atomic mass is 10.0. The molecule has 0 bridgehead atoms. The van der Waals surface area contributed by atoms with Crippen LogP contribution in [0.1, 0.15) is 36.1 Å². The number of halogens is 1. The van der Waals surface area contributed by atoms with Gasteiger partial charge in [-0.3, -0.25) is 4.90 Å². The second-order valence-corrected chi connectivity index (χ2v) is 9.30. The Morgan fingerprint density at radius 1 is 0.853 bits per heavy atom. The second-order valence-electron chi connectivity index (χ2n) is 8.87. The molecule has 0 unspecified atom stereocenters. The maximum absolute atomic E-state index is 6.09. The molecule has 0 aliphatic carbocycles. The number of fused-ring (bicyclic) bond motifs is 1. The number of pyridine rings is 1. The van der Waals surface area contributed by atoms with Crippen LogP contribution in [0, 0.1) is 0 Å². The maximum atomic E-state index is 6.09. The fraction of sp³-hybridized carbons (Fsp3) is 0.233. The first-order chi connectivity index (χ1) is 16.7. The average molecular weight is 469 g/mol. The second kappa shape index (κ2) is 10.9. The molecule has 4 aromatic rings. The van der Waals surface area contributed by atoms with E-state index in [-0.39, 0.29) is 0 Å². The van der Waals surface area contributed by atoms with Crippen molar-refractivity contribution in [1.29, 1.82) is 0 Å². The largest absolute Gasteiger partial charge is 0.487 e. The molecule has 0 radical (unpaired) electrons. The van der Waals surface area contributed by atoms with Crippen LogP contribution in [0.4, 0.5) is 0 Å². The number of ether oxygens (including phenoxy) is 1. The fourth-order valence-corrected chi connectivity index (χ4v) is 4.58. The van der Waals surface area contributed by atoms with Crippen LogP contribution in [0.5, 0.6) is 5.75 Å². The molecule has 1 saturated heterocycles. The molecule has 172 valence electrons. The third-order valence-electron chi connectivity index (χ3n) is 6.32.